The van der Waals surface area contributed by atoms with Crippen LogP contribution in [0.3, 0.4) is 0 Å². The Bertz CT molecular complexity index is 1670. The van der Waals surface area contributed by atoms with E-state index in [-0.39, 0.29) is 70.7 Å². The quantitative estimate of drug-likeness (QED) is 0.221. The predicted octanol–water partition coefficient (Wildman–Crippen LogP) is 7.64. The van der Waals surface area contributed by atoms with E-state index in [1.54, 1.807) is 4.90 Å². The molecule has 2 aliphatic rings. The van der Waals surface area contributed by atoms with Crippen LogP contribution < -0.4 is 15.0 Å². The smallest absolute Gasteiger partial charge is 0.391 e. The fourth-order valence-corrected chi connectivity index (χ4v) is 6.47. The lowest BCUT2D eigenvalue weighted by Gasteiger charge is -2.39. The summed E-state index contributed by atoms with van der Waals surface area (Å²) in [5.74, 6) is -6.21. The molecular weight excluding hydrogens is 686 g/mol. The molecule has 0 spiro atoms. The zero-order valence-corrected chi connectivity index (χ0v) is 26.1. The average molecular weight is 714 g/mol. The van der Waals surface area contributed by atoms with Crippen molar-refractivity contribution >= 4 is 57.9 Å². The second-order valence-electron chi connectivity index (χ2n) is 11.5. The molecule has 2 heterocycles. The Morgan fingerprint density at radius 3 is 2.38 bits per heavy atom. The van der Waals surface area contributed by atoms with Gasteiger partial charge in [-0.05, 0) is 43.4 Å². The minimum Gasteiger partial charge on any atom is -0.487 e. The number of ether oxygens (including phenoxy) is 1. The van der Waals surface area contributed by atoms with Crippen LogP contribution in [0.4, 0.5) is 47.2 Å². The zero-order valence-electron chi connectivity index (χ0n) is 24.6. The summed E-state index contributed by atoms with van der Waals surface area (Å²) in [5.41, 5.74) is 0.381. The number of halogens is 9. The number of carboxylic acid groups (broad SMARTS) is 1. The Labute approximate surface area is 273 Å². The number of likely N-dealkylation sites (tertiary alicyclic amines) is 1. The second kappa shape index (κ2) is 13.1. The molecule has 1 saturated carbocycles. The summed E-state index contributed by atoms with van der Waals surface area (Å²) in [6.07, 6.45) is -7.64. The summed E-state index contributed by atoms with van der Waals surface area (Å²) in [7, 11) is 1.53. The van der Waals surface area contributed by atoms with Gasteiger partial charge in [-0.15, -0.1) is 0 Å². The van der Waals surface area contributed by atoms with E-state index in [2.05, 4.69) is 10.3 Å². The lowest BCUT2D eigenvalue weighted by atomic mass is 9.84. The molecule has 2 aromatic carbocycles. The van der Waals surface area contributed by atoms with Crippen LogP contribution in [-0.2, 0) is 13.6 Å². The van der Waals surface area contributed by atoms with Crippen molar-refractivity contribution < 1.29 is 50.2 Å². The molecule has 9 nitrogen and oxygen atoms in total. The van der Waals surface area contributed by atoms with Crippen LogP contribution in [0.1, 0.15) is 41.6 Å². The number of benzene rings is 2. The third-order valence-electron chi connectivity index (χ3n) is 8.24. The number of hydrogen-bond acceptors (Lipinski definition) is 5. The maximum Gasteiger partial charge on any atom is 0.391 e. The molecule has 3 aromatic rings. The van der Waals surface area contributed by atoms with Gasteiger partial charge in [0, 0.05) is 25.7 Å². The van der Waals surface area contributed by atoms with E-state index in [9.17, 15) is 45.4 Å². The second-order valence-corrected chi connectivity index (χ2v) is 12.3. The average Bonchev–Trinajstić information content (AvgIpc) is 3.29. The molecule has 18 heteroatoms. The van der Waals surface area contributed by atoms with Crippen LogP contribution in [0.15, 0.2) is 24.3 Å². The topological polar surface area (TPSA) is 99.9 Å². The fraction of sp³-hybridized carbons (Fsp3) is 0.483. The maximum absolute atomic E-state index is 13.6. The van der Waals surface area contributed by atoms with E-state index in [4.69, 9.17) is 27.9 Å². The molecule has 0 radical (unpaired) electrons. The van der Waals surface area contributed by atoms with Crippen LogP contribution in [0.5, 0.6) is 5.75 Å². The number of aryl methyl sites for hydroxylation is 1. The molecule has 0 bridgehead atoms. The molecule has 2 N–H and O–H groups in total. The lowest BCUT2D eigenvalue weighted by molar-refractivity contribution is -0.182. The molecule has 256 valence electrons. The number of rotatable bonds is 9. The van der Waals surface area contributed by atoms with E-state index in [1.165, 1.54) is 29.8 Å². The van der Waals surface area contributed by atoms with Gasteiger partial charge >= 0.3 is 18.2 Å². The number of nitrogens with zero attached hydrogens (tertiary/aromatic N) is 4. The van der Waals surface area contributed by atoms with Gasteiger partial charge in [0.1, 0.15) is 17.9 Å². The number of aromatic nitrogens is 2. The number of imidazole rings is 1. The summed E-state index contributed by atoms with van der Waals surface area (Å²) >= 11 is 13.5. The van der Waals surface area contributed by atoms with E-state index in [1.807, 2.05) is 0 Å². The first-order chi connectivity index (χ1) is 22.0. The van der Waals surface area contributed by atoms with Gasteiger partial charge in [-0.1, -0.05) is 29.3 Å². The zero-order chi connectivity index (χ0) is 34.4. The SMILES string of the molecule is Cn1c(N(c2c(Cl)ccc(CNC(=O)N3CC(F)(F)C3)c2Cl)C2CCC(C(F)(F)F)CC2)nc2cc(C(=O)O)c(OCC(F)F)cc21. The molecule has 2 fully saturated rings. The van der Waals surface area contributed by atoms with Gasteiger partial charge in [0.15, 0.2) is 0 Å². The highest BCUT2D eigenvalue weighted by Gasteiger charge is 2.46. The molecule has 0 unspecified atom stereocenters. The Morgan fingerprint density at radius 2 is 1.81 bits per heavy atom. The highest BCUT2D eigenvalue weighted by molar-refractivity contribution is 6.40. The van der Waals surface area contributed by atoms with E-state index in [0.717, 1.165) is 11.0 Å². The summed E-state index contributed by atoms with van der Waals surface area (Å²) in [4.78, 5) is 31.4. The van der Waals surface area contributed by atoms with Crippen molar-refractivity contribution in [3.05, 3.63) is 45.4 Å². The summed E-state index contributed by atoms with van der Waals surface area (Å²) in [6, 6.07) is 3.93. The van der Waals surface area contributed by atoms with Gasteiger partial charge < -0.3 is 29.5 Å². The molecule has 1 aromatic heterocycles. The van der Waals surface area contributed by atoms with Crippen LogP contribution in [0.2, 0.25) is 10.0 Å². The normalized spacial score (nSPS) is 19.5. The standard InChI is InChI=1S/C29H28Cl2F7N5O4/c1-41-20-9-21(47-11-22(32)33)17(25(44)45)8-19(20)40-26(41)43(16-5-3-15(4-6-16)29(36,37)38)24-18(30)7-2-14(23(24)31)10-39-27(46)42-12-28(34,35)13-42/h2,7-9,15-16,22H,3-6,10-13H2,1H3,(H,39,46)(H,44,45). The number of nitrogens with one attached hydrogen (secondary N) is 1. The lowest BCUT2D eigenvalue weighted by Crippen LogP contribution is -2.60. The Balaban J connectivity index is 1.56. The van der Waals surface area contributed by atoms with Crippen molar-refractivity contribution in [2.24, 2.45) is 13.0 Å². The van der Waals surface area contributed by atoms with Gasteiger partial charge in [-0.3, -0.25) is 0 Å². The minimum absolute atomic E-state index is 0.00363. The highest BCUT2D eigenvalue weighted by atomic mass is 35.5. The number of amides is 2. The molecule has 5 rings (SSSR count). The van der Waals surface area contributed by atoms with Crippen LogP contribution in [0, 0.1) is 5.92 Å². The summed E-state index contributed by atoms with van der Waals surface area (Å²) in [5, 5.41) is 12.3. The number of carboxylic acids is 1. The predicted molar refractivity (Wildman–Crippen MR) is 158 cm³/mol. The number of urea groups is 1. The van der Waals surface area contributed by atoms with E-state index in [0.29, 0.717) is 5.56 Å². The van der Waals surface area contributed by atoms with E-state index < -0.39 is 67.7 Å². The van der Waals surface area contributed by atoms with Crippen molar-refractivity contribution in [2.45, 2.75) is 56.8 Å². The number of fused-ring (bicyclic) bond motifs is 1. The number of carbonyl (C=O) groups excluding carboxylic acids is 1. The Morgan fingerprint density at radius 1 is 1.15 bits per heavy atom. The highest BCUT2D eigenvalue weighted by Crippen LogP contribution is 2.47. The number of hydrogen-bond donors (Lipinski definition) is 2. The number of carbonyl (C=O) groups is 2. The molecule has 1 aliphatic heterocycles. The fourth-order valence-electron chi connectivity index (χ4n) is 5.85. The molecule has 1 aliphatic carbocycles. The molecular formula is C29H28Cl2F7N5O4. The first-order valence-electron chi connectivity index (χ1n) is 14.3. The van der Waals surface area contributed by atoms with Gasteiger partial charge in [0.2, 0.25) is 5.95 Å². The van der Waals surface area contributed by atoms with Crippen molar-refractivity contribution in [3.63, 3.8) is 0 Å². The van der Waals surface area contributed by atoms with Crippen LogP contribution >= 0.6 is 23.2 Å². The Kier molecular flexibility index (Phi) is 9.66. The first kappa shape index (κ1) is 34.7. The molecule has 47 heavy (non-hydrogen) atoms. The van der Waals surface area contributed by atoms with Gasteiger partial charge in [-0.25, -0.2) is 32.1 Å². The van der Waals surface area contributed by atoms with Crippen molar-refractivity contribution in [1.82, 2.24) is 19.8 Å². The van der Waals surface area contributed by atoms with Gasteiger partial charge in [-0.2, -0.15) is 13.2 Å². The van der Waals surface area contributed by atoms with E-state index >= 15 is 0 Å². The maximum atomic E-state index is 13.6. The monoisotopic (exact) mass is 713 g/mol. The van der Waals surface area contributed by atoms with Crippen molar-refractivity contribution in [2.75, 3.05) is 24.6 Å². The molecule has 0 atom stereocenters. The number of anilines is 2. The molecule has 1 saturated heterocycles. The summed E-state index contributed by atoms with van der Waals surface area (Å²) in [6.45, 7) is -2.75. The van der Waals surface area contributed by atoms with Crippen LogP contribution in [-0.4, -0.2) is 75.8 Å². The minimum atomic E-state index is -4.40. The number of aromatic carboxylic acids is 1. The van der Waals surface area contributed by atoms with Gasteiger partial charge in [0.05, 0.1) is 45.8 Å². The number of alkyl halides is 7. The Hall–Kier alpha value is -3.66. The van der Waals surface area contributed by atoms with Crippen molar-refractivity contribution in [1.29, 1.82) is 0 Å². The summed E-state index contributed by atoms with van der Waals surface area (Å²) < 4.78 is 99.6. The largest absolute Gasteiger partial charge is 0.487 e. The van der Waals surface area contributed by atoms with Gasteiger partial charge in [0.25, 0.3) is 12.3 Å². The first-order valence-corrected chi connectivity index (χ1v) is 15.1. The van der Waals surface area contributed by atoms with Crippen LogP contribution in [0.25, 0.3) is 11.0 Å². The molecule has 2 amide bonds. The third kappa shape index (κ3) is 7.27. The van der Waals surface area contributed by atoms with Crippen molar-refractivity contribution in [3.8, 4) is 5.75 Å². The third-order valence-corrected chi connectivity index (χ3v) is 8.97.